The Hall–Kier alpha value is -1.29. The summed E-state index contributed by atoms with van der Waals surface area (Å²) in [6.07, 6.45) is 0. The number of hydrogen-bond donors (Lipinski definition) is 1. The number of carbonyl (C=O) groups is 1. The second-order valence-electron chi connectivity index (χ2n) is 2.30. The predicted molar refractivity (Wildman–Crippen MR) is 46.5 cm³/mol. The number of methoxy groups -OCH3 is 1. The van der Waals surface area contributed by atoms with Crippen molar-refractivity contribution < 1.29 is 13.9 Å². The van der Waals surface area contributed by atoms with Gasteiger partial charge in [0.05, 0.1) is 12.1 Å². The molecule has 2 N–H and O–H groups in total. The highest BCUT2D eigenvalue weighted by atomic mass is 35.5. The zero-order valence-electron chi connectivity index (χ0n) is 6.80. The van der Waals surface area contributed by atoms with E-state index in [1.165, 1.54) is 13.2 Å². The van der Waals surface area contributed by atoms with Gasteiger partial charge in [0.1, 0.15) is 5.56 Å². The molecule has 1 aromatic rings. The van der Waals surface area contributed by atoms with Crippen molar-refractivity contribution in [3.05, 3.63) is 28.5 Å². The Bertz CT molecular complexity index is 354. The van der Waals surface area contributed by atoms with Crippen LogP contribution in [0.15, 0.2) is 12.1 Å². The van der Waals surface area contributed by atoms with Crippen LogP contribution >= 0.6 is 11.6 Å². The summed E-state index contributed by atoms with van der Waals surface area (Å²) in [5, 5.41) is 0.0748. The number of benzene rings is 1. The summed E-state index contributed by atoms with van der Waals surface area (Å²) in [4.78, 5) is 10.8. The molecule has 0 aliphatic carbocycles. The van der Waals surface area contributed by atoms with E-state index in [-0.39, 0.29) is 16.3 Å². The summed E-state index contributed by atoms with van der Waals surface area (Å²) < 4.78 is 17.7. The Kier molecular flexibility index (Phi) is 2.72. The van der Waals surface area contributed by atoms with Crippen LogP contribution in [-0.4, -0.2) is 13.0 Å². The Morgan fingerprint density at radius 1 is 1.62 bits per heavy atom. The fraction of sp³-hybridized carbons (Fsp3) is 0.125. The monoisotopic (exact) mass is 203 g/mol. The number of hydrogen-bond acceptors (Lipinski definition) is 2. The number of primary amides is 1. The van der Waals surface area contributed by atoms with E-state index in [1.54, 1.807) is 0 Å². The van der Waals surface area contributed by atoms with E-state index in [4.69, 9.17) is 17.3 Å². The van der Waals surface area contributed by atoms with E-state index in [1.807, 2.05) is 0 Å². The molecule has 0 fully saturated rings. The molecule has 0 bridgehead atoms. The number of halogens is 2. The van der Waals surface area contributed by atoms with E-state index in [2.05, 4.69) is 4.74 Å². The lowest BCUT2D eigenvalue weighted by Gasteiger charge is -2.07. The quantitative estimate of drug-likeness (QED) is 0.794. The van der Waals surface area contributed by atoms with Gasteiger partial charge in [0, 0.05) is 0 Å². The predicted octanol–water partition coefficient (Wildman–Crippen LogP) is 1.59. The van der Waals surface area contributed by atoms with Crippen molar-refractivity contribution in [3.63, 3.8) is 0 Å². The molecule has 1 rings (SSSR count). The van der Waals surface area contributed by atoms with Crippen molar-refractivity contribution in [2.24, 2.45) is 5.73 Å². The fourth-order valence-corrected chi connectivity index (χ4v) is 1.20. The Morgan fingerprint density at radius 3 is 2.62 bits per heavy atom. The van der Waals surface area contributed by atoms with Crippen LogP contribution in [0.1, 0.15) is 10.4 Å². The number of nitrogens with two attached hydrogens (primary N) is 1. The molecule has 1 aromatic carbocycles. The van der Waals surface area contributed by atoms with Gasteiger partial charge in [-0.2, -0.15) is 0 Å². The molecule has 5 heteroatoms. The highest BCUT2D eigenvalue weighted by Gasteiger charge is 2.17. The standard InChI is InChI=1S/C8H7ClFNO2/c1-13-7-5(10)3-2-4(9)6(7)8(11)12/h2-3H,1H3,(H2,11,12). The minimum Gasteiger partial charge on any atom is -0.493 e. The summed E-state index contributed by atoms with van der Waals surface area (Å²) in [6, 6.07) is 2.35. The Balaban J connectivity index is 3.43. The van der Waals surface area contributed by atoms with Gasteiger partial charge in [-0.3, -0.25) is 4.79 Å². The number of amides is 1. The third-order valence-corrected chi connectivity index (χ3v) is 1.82. The zero-order chi connectivity index (χ0) is 10.0. The van der Waals surface area contributed by atoms with Crippen molar-refractivity contribution >= 4 is 17.5 Å². The van der Waals surface area contributed by atoms with Crippen LogP contribution < -0.4 is 10.5 Å². The lowest BCUT2D eigenvalue weighted by Crippen LogP contribution is -2.14. The van der Waals surface area contributed by atoms with Gasteiger partial charge in [0.15, 0.2) is 11.6 Å². The molecule has 0 aliphatic rings. The fourth-order valence-electron chi connectivity index (χ4n) is 0.962. The van der Waals surface area contributed by atoms with Crippen LogP contribution in [0.5, 0.6) is 5.75 Å². The highest BCUT2D eigenvalue weighted by molar-refractivity contribution is 6.34. The lowest BCUT2D eigenvalue weighted by molar-refractivity contribution is 0.0996. The van der Waals surface area contributed by atoms with Gasteiger partial charge in [-0.05, 0) is 12.1 Å². The van der Waals surface area contributed by atoms with Crippen molar-refractivity contribution in [2.45, 2.75) is 0 Å². The van der Waals surface area contributed by atoms with Gasteiger partial charge >= 0.3 is 0 Å². The smallest absolute Gasteiger partial charge is 0.254 e. The summed E-state index contributed by atoms with van der Waals surface area (Å²) >= 11 is 5.63. The van der Waals surface area contributed by atoms with Gasteiger partial charge in [-0.1, -0.05) is 11.6 Å². The second kappa shape index (κ2) is 3.62. The van der Waals surface area contributed by atoms with Crippen LogP contribution in [0.3, 0.4) is 0 Å². The molecule has 0 aromatic heterocycles. The first kappa shape index (κ1) is 9.80. The average molecular weight is 204 g/mol. The molecule has 0 radical (unpaired) electrons. The summed E-state index contributed by atoms with van der Waals surface area (Å²) in [7, 11) is 1.24. The second-order valence-corrected chi connectivity index (χ2v) is 2.71. The van der Waals surface area contributed by atoms with E-state index in [9.17, 15) is 9.18 Å². The van der Waals surface area contributed by atoms with Gasteiger partial charge < -0.3 is 10.5 Å². The molecule has 70 valence electrons. The molecule has 0 heterocycles. The summed E-state index contributed by atoms with van der Waals surface area (Å²) in [5.41, 5.74) is 4.85. The Morgan fingerprint density at radius 2 is 2.23 bits per heavy atom. The summed E-state index contributed by atoms with van der Waals surface area (Å²) in [6.45, 7) is 0. The Labute approximate surface area is 79.2 Å². The maximum atomic E-state index is 13.0. The molecular weight excluding hydrogens is 197 g/mol. The molecular formula is C8H7ClFNO2. The minimum atomic E-state index is -0.818. The molecule has 13 heavy (non-hydrogen) atoms. The van der Waals surface area contributed by atoms with Crippen LogP contribution in [0, 0.1) is 5.82 Å². The molecule has 0 atom stereocenters. The molecule has 3 nitrogen and oxygen atoms in total. The topological polar surface area (TPSA) is 52.3 Å². The molecule has 0 aliphatic heterocycles. The molecule has 0 saturated carbocycles. The zero-order valence-corrected chi connectivity index (χ0v) is 7.56. The first-order valence-corrected chi connectivity index (χ1v) is 3.77. The third-order valence-electron chi connectivity index (χ3n) is 1.51. The van der Waals surface area contributed by atoms with Gasteiger partial charge in [0.2, 0.25) is 0 Å². The number of rotatable bonds is 2. The minimum absolute atomic E-state index is 0.0748. The largest absolute Gasteiger partial charge is 0.493 e. The van der Waals surface area contributed by atoms with Gasteiger partial charge in [-0.25, -0.2) is 4.39 Å². The maximum Gasteiger partial charge on any atom is 0.254 e. The number of ether oxygens (including phenoxy) is 1. The van der Waals surface area contributed by atoms with Gasteiger partial charge in [-0.15, -0.1) is 0 Å². The van der Waals surface area contributed by atoms with Crippen LogP contribution in [-0.2, 0) is 0 Å². The molecule has 1 amide bonds. The molecule has 0 saturated heterocycles. The van der Waals surface area contributed by atoms with Crippen LogP contribution in [0.4, 0.5) is 4.39 Å². The lowest BCUT2D eigenvalue weighted by atomic mass is 10.2. The highest BCUT2D eigenvalue weighted by Crippen LogP contribution is 2.28. The first-order valence-electron chi connectivity index (χ1n) is 3.39. The first-order chi connectivity index (χ1) is 6.07. The van der Waals surface area contributed by atoms with Crippen molar-refractivity contribution in [2.75, 3.05) is 7.11 Å². The van der Waals surface area contributed by atoms with Crippen molar-refractivity contribution in [3.8, 4) is 5.75 Å². The van der Waals surface area contributed by atoms with E-state index in [0.717, 1.165) is 6.07 Å². The third kappa shape index (κ3) is 1.72. The molecule has 0 spiro atoms. The van der Waals surface area contributed by atoms with Crippen LogP contribution in [0.25, 0.3) is 0 Å². The van der Waals surface area contributed by atoms with Crippen LogP contribution in [0.2, 0.25) is 5.02 Å². The summed E-state index contributed by atoms with van der Waals surface area (Å²) in [5.74, 6) is -1.71. The normalized spacial score (nSPS) is 9.77. The van der Waals surface area contributed by atoms with Crippen molar-refractivity contribution in [1.82, 2.24) is 0 Å². The average Bonchev–Trinajstić information content (AvgIpc) is 2.07. The maximum absolute atomic E-state index is 13.0. The van der Waals surface area contributed by atoms with E-state index in [0.29, 0.717) is 0 Å². The van der Waals surface area contributed by atoms with Gasteiger partial charge in [0.25, 0.3) is 5.91 Å². The number of carbonyl (C=O) groups excluding carboxylic acids is 1. The van der Waals surface area contributed by atoms with E-state index >= 15 is 0 Å². The molecule has 0 unspecified atom stereocenters. The SMILES string of the molecule is COc1c(F)ccc(Cl)c1C(N)=O. The van der Waals surface area contributed by atoms with Crippen molar-refractivity contribution in [1.29, 1.82) is 0 Å². The van der Waals surface area contributed by atoms with E-state index < -0.39 is 11.7 Å².